The molecule has 8 heteroatoms. The van der Waals surface area contributed by atoms with Crippen LogP contribution in [0.5, 0.6) is 17.6 Å². The van der Waals surface area contributed by atoms with Gasteiger partial charge in [0.25, 0.3) is 5.56 Å². The van der Waals surface area contributed by atoms with Gasteiger partial charge in [0.2, 0.25) is 5.88 Å². The minimum atomic E-state index is -0.351. The van der Waals surface area contributed by atoms with E-state index in [2.05, 4.69) is 19.9 Å². The molecular weight excluding hydrogens is 288 g/mol. The highest BCUT2D eigenvalue weighted by molar-refractivity contribution is 5.89. The predicted molar refractivity (Wildman–Crippen MR) is 78.2 cm³/mol. The van der Waals surface area contributed by atoms with E-state index in [0.29, 0.717) is 11.1 Å². The van der Waals surface area contributed by atoms with Crippen molar-refractivity contribution in [2.45, 2.75) is 0 Å². The summed E-state index contributed by atoms with van der Waals surface area (Å²) in [6.07, 6.45) is 2.73. The van der Waals surface area contributed by atoms with E-state index in [4.69, 9.17) is 9.47 Å². The molecule has 3 aromatic rings. The smallest absolute Gasteiger partial charge is 0.319 e. The van der Waals surface area contributed by atoms with Crippen LogP contribution in [0, 0.1) is 0 Å². The molecule has 0 radical (unpaired) electrons. The number of H-pyrrole nitrogens is 1. The molecule has 0 atom stereocenters. The Kier molecular flexibility index (Phi) is 3.34. The Hall–Kier alpha value is -3.16. The van der Waals surface area contributed by atoms with Gasteiger partial charge in [-0.1, -0.05) is 0 Å². The fourth-order valence-electron chi connectivity index (χ4n) is 2.12. The van der Waals surface area contributed by atoms with E-state index in [1.54, 1.807) is 6.07 Å². The monoisotopic (exact) mass is 300 g/mol. The van der Waals surface area contributed by atoms with Crippen LogP contribution >= 0.6 is 0 Å². The third-order valence-corrected chi connectivity index (χ3v) is 3.14. The number of fused-ring (bicyclic) bond motifs is 1. The molecule has 2 N–H and O–H groups in total. The standard InChI is InChI=1S/C14H12N4O4/c1-21-13-9(5-15-14(18-13)22-2)7-3-8-11(10(19)4-7)16-6-17-12(8)20/h3-6,19H,1-2H3,(H,16,17,20). The summed E-state index contributed by atoms with van der Waals surface area (Å²) in [5.41, 5.74) is 0.920. The maximum atomic E-state index is 11.9. The van der Waals surface area contributed by atoms with Crippen LogP contribution in [-0.2, 0) is 0 Å². The second kappa shape index (κ2) is 5.32. The molecule has 0 unspecified atom stereocenters. The summed E-state index contributed by atoms with van der Waals surface area (Å²) >= 11 is 0. The van der Waals surface area contributed by atoms with E-state index in [1.165, 1.54) is 32.8 Å². The molecule has 0 aliphatic carbocycles. The Morgan fingerprint density at radius 3 is 2.73 bits per heavy atom. The zero-order valence-electron chi connectivity index (χ0n) is 11.8. The summed E-state index contributed by atoms with van der Waals surface area (Å²) in [6, 6.07) is 3.22. The minimum absolute atomic E-state index is 0.114. The van der Waals surface area contributed by atoms with Gasteiger partial charge < -0.3 is 19.6 Å². The second-order valence-corrected chi connectivity index (χ2v) is 4.40. The van der Waals surface area contributed by atoms with E-state index in [9.17, 15) is 9.90 Å². The molecule has 0 aliphatic rings. The number of phenols is 1. The number of hydrogen-bond donors (Lipinski definition) is 2. The molecule has 22 heavy (non-hydrogen) atoms. The van der Waals surface area contributed by atoms with Crippen LogP contribution in [0.4, 0.5) is 0 Å². The van der Waals surface area contributed by atoms with Crippen LogP contribution in [0.25, 0.3) is 22.0 Å². The van der Waals surface area contributed by atoms with Crippen LogP contribution in [0.1, 0.15) is 0 Å². The van der Waals surface area contributed by atoms with Gasteiger partial charge in [0.15, 0.2) is 0 Å². The lowest BCUT2D eigenvalue weighted by Gasteiger charge is -2.09. The van der Waals surface area contributed by atoms with Crippen LogP contribution < -0.4 is 15.0 Å². The molecule has 1 aromatic carbocycles. The van der Waals surface area contributed by atoms with Crippen molar-refractivity contribution in [1.82, 2.24) is 19.9 Å². The van der Waals surface area contributed by atoms with Crippen molar-refractivity contribution in [2.24, 2.45) is 0 Å². The lowest BCUT2D eigenvalue weighted by atomic mass is 10.1. The fraction of sp³-hybridized carbons (Fsp3) is 0.143. The van der Waals surface area contributed by atoms with E-state index >= 15 is 0 Å². The molecule has 2 heterocycles. The summed E-state index contributed by atoms with van der Waals surface area (Å²) in [7, 11) is 2.90. The van der Waals surface area contributed by atoms with Crippen LogP contribution in [0.15, 0.2) is 29.5 Å². The van der Waals surface area contributed by atoms with E-state index in [0.717, 1.165) is 0 Å². The SMILES string of the molecule is COc1ncc(-c2cc(O)c3nc[nH]c(=O)c3c2)c(OC)n1. The Morgan fingerprint density at radius 2 is 2.00 bits per heavy atom. The minimum Gasteiger partial charge on any atom is -0.506 e. The first-order chi connectivity index (χ1) is 10.6. The number of ether oxygens (including phenoxy) is 2. The molecular formula is C14H12N4O4. The summed E-state index contributed by atoms with van der Waals surface area (Å²) in [5, 5.41) is 10.3. The molecule has 2 aromatic heterocycles. The van der Waals surface area contributed by atoms with Crippen molar-refractivity contribution in [3.05, 3.63) is 35.0 Å². The highest BCUT2D eigenvalue weighted by atomic mass is 16.5. The van der Waals surface area contributed by atoms with Crippen molar-refractivity contribution < 1.29 is 14.6 Å². The van der Waals surface area contributed by atoms with E-state index < -0.39 is 0 Å². The van der Waals surface area contributed by atoms with Gasteiger partial charge in [-0.3, -0.25) is 4.79 Å². The Labute approximate surface area is 124 Å². The number of nitrogens with one attached hydrogen (secondary N) is 1. The zero-order chi connectivity index (χ0) is 15.7. The number of aromatic nitrogens is 4. The number of hydrogen-bond acceptors (Lipinski definition) is 7. The van der Waals surface area contributed by atoms with Gasteiger partial charge in [0.1, 0.15) is 11.3 Å². The van der Waals surface area contributed by atoms with Crippen molar-refractivity contribution in [3.63, 3.8) is 0 Å². The first-order valence-corrected chi connectivity index (χ1v) is 6.30. The largest absolute Gasteiger partial charge is 0.506 e. The van der Waals surface area contributed by atoms with Crippen molar-refractivity contribution in [3.8, 4) is 28.8 Å². The summed E-state index contributed by atoms with van der Waals surface area (Å²) < 4.78 is 10.2. The Bertz CT molecular complexity index is 907. The lowest BCUT2D eigenvalue weighted by Crippen LogP contribution is -2.06. The number of phenolic OH excluding ortho intramolecular Hbond substituents is 1. The summed E-state index contributed by atoms with van der Waals surface area (Å²) in [6.45, 7) is 0. The molecule has 0 spiro atoms. The molecule has 3 rings (SSSR count). The average Bonchev–Trinajstić information content (AvgIpc) is 2.55. The topological polar surface area (TPSA) is 110 Å². The van der Waals surface area contributed by atoms with Gasteiger partial charge in [-0.2, -0.15) is 4.98 Å². The first kappa shape index (κ1) is 13.8. The quantitative estimate of drug-likeness (QED) is 0.745. The third kappa shape index (κ3) is 2.20. The normalized spacial score (nSPS) is 10.6. The van der Waals surface area contributed by atoms with Crippen LogP contribution in [-0.4, -0.2) is 39.3 Å². The maximum absolute atomic E-state index is 11.9. The molecule has 0 saturated carbocycles. The van der Waals surface area contributed by atoms with Crippen molar-refractivity contribution in [2.75, 3.05) is 14.2 Å². The number of methoxy groups -OCH3 is 2. The van der Waals surface area contributed by atoms with Gasteiger partial charge in [-0.25, -0.2) is 9.97 Å². The maximum Gasteiger partial charge on any atom is 0.319 e. The molecule has 0 aliphatic heterocycles. The summed E-state index contributed by atoms with van der Waals surface area (Å²) in [4.78, 5) is 26.4. The Morgan fingerprint density at radius 1 is 1.18 bits per heavy atom. The molecule has 0 saturated heterocycles. The molecule has 0 fully saturated rings. The average molecular weight is 300 g/mol. The molecule has 0 amide bonds. The van der Waals surface area contributed by atoms with E-state index in [1.807, 2.05) is 0 Å². The number of nitrogens with zero attached hydrogens (tertiary/aromatic N) is 3. The van der Waals surface area contributed by atoms with E-state index in [-0.39, 0.29) is 34.1 Å². The highest BCUT2D eigenvalue weighted by Gasteiger charge is 2.14. The van der Waals surface area contributed by atoms with Gasteiger partial charge >= 0.3 is 6.01 Å². The first-order valence-electron chi connectivity index (χ1n) is 6.30. The predicted octanol–water partition coefficient (Wildman–Crippen LogP) is 1.10. The third-order valence-electron chi connectivity index (χ3n) is 3.14. The van der Waals surface area contributed by atoms with Gasteiger partial charge in [0.05, 0.1) is 31.5 Å². The number of benzene rings is 1. The van der Waals surface area contributed by atoms with Gasteiger partial charge in [0, 0.05) is 6.20 Å². The zero-order valence-corrected chi connectivity index (χ0v) is 11.8. The summed E-state index contributed by atoms with van der Waals surface area (Å²) in [5.74, 6) is 0.155. The lowest BCUT2D eigenvalue weighted by molar-refractivity contribution is 0.353. The van der Waals surface area contributed by atoms with Gasteiger partial charge in [-0.05, 0) is 17.7 Å². The van der Waals surface area contributed by atoms with Crippen molar-refractivity contribution >= 4 is 10.9 Å². The Balaban J connectivity index is 2.27. The number of aromatic hydroxyl groups is 1. The molecule has 0 bridgehead atoms. The molecule has 112 valence electrons. The molecule has 8 nitrogen and oxygen atoms in total. The number of aromatic amines is 1. The number of rotatable bonds is 3. The van der Waals surface area contributed by atoms with Gasteiger partial charge in [-0.15, -0.1) is 0 Å². The fourth-order valence-corrected chi connectivity index (χ4v) is 2.12. The highest BCUT2D eigenvalue weighted by Crippen LogP contribution is 2.33. The second-order valence-electron chi connectivity index (χ2n) is 4.40. The van der Waals surface area contributed by atoms with Crippen LogP contribution in [0.2, 0.25) is 0 Å². The van der Waals surface area contributed by atoms with Crippen molar-refractivity contribution in [1.29, 1.82) is 0 Å². The van der Waals surface area contributed by atoms with Crippen LogP contribution in [0.3, 0.4) is 0 Å².